The van der Waals surface area contributed by atoms with Crippen molar-refractivity contribution in [2.24, 2.45) is 0 Å². The monoisotopic (exact) mass is 328 g/mol. The highest BCUT2D eigenvalue weighted by Crippen LogP contribution is 2.33. The maximum Gasteiger partial charge on any atom is 0.295 e. The minimum atomic E-state index is -0.700. The fourth-order valence-corrected chi connectivity index (χ4v) is 2.41. The first-order valence-corrected chi connectivity index (χ1v) is 6.80. The molecule has 0 fully saturated rings. The van der Waals surface area contributed by atoms with E-state index in [1.54, 1.807) is 25.1 Å². The predicted octanol–water partition coefficient (Wildman–Crippen LogP) is 5.21. The topological polar surface area (TPSA) is 55.2 Å². The largest absolute Gasteiger partial charge is 0.371 e. The Morgan fingerprint density at radius 2 is 2.00 bits per heavy atom. The summed E-state index contributed by atoms with van der Waals surface area (Å²) < 4.78 is 13.8. The van der Waals surface area contributed by atoms with E-state index in [4.69, 9.17) is 23.2 Å². The number of rotatable bonds is 4. The second-order valence-electron chi connectivity index (χ2n) is 4.42. The lowest BCUT2D eigenvalue weighted by Gasteiger charge is -2.17. The molecule has 0 aliphatic heterocycles. The third-order valence-electron chi connectivity index (χ3n) is 2.97. The third-order valence-corrected chi connectivity index (χ3v) is 3.55. The van der Waals surface area contributed by atoms with Crippen molar-refractivity contribution in [3.05, 3.63) is 67.9 Å². The van der Waals surface area contributed by atoms with Crippen molar-refractivity contribution in [3.8, 4) is 0 Å². The van der Waals surface area contributed by atoms with Crippen molar-refractivity contribution in [2.75, 3.05) is 5.32 Å². The van der Waals surface area contributed by atoms with Gasteiger partial charge in [0.25, 0.3) is 5.69 Å². The van der Waals surface area contributed by atoms with E-state index in [9.17, 15) is 14.5 Å². The van der Waals surface area contributed by atoms with Gasteiger partial charge in [0.2, 0.25) is 0 Å². The molecule has 0 heterocycles. The zero-order chi connectivity index (χ0) is 15.6. The molecule has 2 rings (SSSR count). The normalized spacial score (nSPS) is 12.0. The van der Waals surface area contributed by atoms with Crippen LogP contribution in [0.25, 0.3) is 0 Å². The molecular formula is C14H11Cl2FN2O2. The molecule has 0 bridgehead atoms. The summed E-state index contributed by atoms with van der Waals surface area (Å²) in [6.45, 7) is 1.72. The van der Waals surface area contributed by atoms with Crippen molar-refractivity contribution in [2.45, 2.75) is 13.0 Å². The lowest BCUT2D eigenvalue weighted by molar-refractivity contribution is -0.384. The molecule has 0 spiro atoms. The Labute approximate surface area is 130 Å². The fourth-order valence-electron chi connectivity index (χ4n) is 1.95. The van der Waals surface area contributed by atoms with Crippen LogP contribution in [0.3, 0.4) is 0 Å². The van der Waals surface area contributed by atoms with Crippen molar-refractivity contribution in [1.82, 2.24) is 0 Å². The summed E-state index contributed by atoms with van der Waals surface area (Å²) in [5, 5.41) is 14.7. The molecule has 0 aliphatic rings. The SMILES string of the molecule is CC(Nc1c(F)cccc1[N+](=O)[O-])c1cc(Cl)ccc1Cl. The van der Waals surface area contributed by atoms with Gasteiger partial charge < -0.3 is 5.32 Å². The van der Waals surface area contributed by atoms with Crippen molar-refractivity contribution >= 4 is 34.6 Å². The molecular weight excluding hydrogens is 318 g/mol. The highest BCUT2D eigenvalue weighted by Gasteiger charge is 2.20. The number of halogens is 3. The van der Waals surface area contributed by atoms with E-state index >= 15 is 0 Å². The van der Waals surface area contributed by atoms with Crippen LogP contribution < -0.4 is 5.32 Å². The van der Waals surface area contributed by atoms with Crippen LogP contribution in [0.1, 0.15) is 18.5 Å². The van der Waals surface area contributed by atoms with Gasteiger partial charge in [0, 0.05) is 16.1 Å². The maximum absolute atomic E-state index is 13.8. The van der Waals surface area contributed by atoms with Crippen LogP contribution in [0.4, 0.5) is 15.8 Å². The number of nitro benzene ring substituents is 1. The molecule has 4 nitrogen and oxygen atoms in total. The van der Waals surface area contributed by atoms with Gasteiger partial charge in [-0.1, -0.05) is 29.3 Å². The average Bonchev–Trinajstić information content (AvgIpc) is 2.43. The number of nitrogens with one attached hydrogen (secondary N) is 1. The van der Waals surface area contributed by atoms with Crippen LogP contribution in [0.2, 0.25) is 10.0 Å². The first kappa shape index (κ1) is 15.5. The summed E-state index contributed by atoms with van der Waals surface area (Å²) in [6.07, 6.45) is 0. The van der Waals surface area contributed by atoms with Gasteiger partial charge in [-0.3, -0.25) is 10.1 Å². The maximum atomic E-state index is 13.8. The molecule has 1 atom stereocenters. The number of hydrogen-bond donors (Lipinski definition) is 1. The van der Waals surface area contributed by atoms with E-state index in [0.29, 0.717) is 15.6 Å². The average molecular weight is 329 g/mol. The molecule has 21 heavy (non-hydrogen) atoms. The zero-order valence-electron chi connectivity index (χ0n) is 10.9. The van der Waals surface area contributed by atoms with Gasteiger partial charge in [0.15, 0.2) is 5.82 Å². The van der Waals surface area contributed by atoms with Gasteiger partial charge in [-0.15, -0.1) is 0 Å². The van der Waals surface area contributed by atoms with Gasteiger partial charge in [-0.25, -0.2) is 4.39 Å². The van der Waals surface area contributed by atoms with E-state index in [0.717, 1.165) is 6.07 Å². The number of para-hydroxylation sites is 1. The quantitative estimate of drug-likeness (QED) is 0.618. The first-order chi connectivity index (χ1) is 9.90. The fraction of sp³-hybridized carbons (Fsp3) is 0.143. The van der Waals surface area contributed by atoms with Gasteiger partial charge in [-0.2, -0.15) is 0 Å². The summed E-state index contributed by atoms with van der Waals surface area (Å²) in [5.74, 6) is -0.700. The minimum absolute atomic E-state index is 0.175. The van der Waals surface area contributed by atoms with Crippen LogP contribution >= 0.6 is 23.2 Å². The molecule has 2 aromatic carbocycles. The highest BCUT2D eigenvalue weighted by molar-refractivity contribution is 6.33. The molecule has 7 heteroatoms. The molecule has 0 saturated heterocycles. The predicted molar refractivity (Wildman–Crippen MR) is 81.6 cm³/mol. The van der Waals surface area contributed by atoms with Gasteiger partial charge >= 0.3 is 0 Å². The molecule has 0 radical (unpaired) electrons. The number of anilines is 1. The van der Waals surface area contributed by atoms with E-state index in [2.05, 4.69) is 5.32 Å². The van der Waals surface area contributed by atoms with E-state index in [1.165, 1.54) is 12.1 Å². The Kier molecular flexibility index (Phi) is 4.65. The highest BCUT2D eigenvalue weighted by atomic mass is 35.5. The zero-order valence-corrected chi connectivity index (χ0v) is 12.5. The number of hydrogen-bond acceptors (Lipinski definition) is 3. The molecule has 0 saturated carbocycles. The molecule has 2 aromatic rings. The number of nitro groups is 1. The molecule has 110 valence electrons. The van der Waals surface area contributed by atoms with Crippen LogP contribution in [0.15, 0.2) is 36.4 Å². The van der Waals surface area contributed by atoms with Crippen LogP contribution in [0, 0.1) is 15.9 Å². The van der Waals surface area contributed by atoms with E-state index < -0.39 is 16.8 Å². The van der Waals surface area contributed by atoms with Gasteiger partial charge in [0.05, 0.1) is 11.0 Å². The van der Waals surface area contributed by atoms with Gasteiger partial charge in [-0.05, 0) is 36.8 Å². The Morgan fingerprint density at radius 1 is 1.29 bits per heavy atom. The smallest absolute Gasteiger partial charge is 0.295 e. The molecule has 0 amide bonds. The second kappa shape index (κ2) is 6.28. The third kappa shape index (κ3) is 3.43. The van der Waals surface area contributed by atoms with E-state index in [-0.39, 0.29) is 11.4 Å². The Morgan fingerprint density at radius 3 is 2.67 bits per heavy atom. The first-order valence-electron chi connectivity index (χ1n) is 6.04. The summed E-state index contributed by atoms with van der Waals surface area (Å²) in [4.78, 5) is 10.3. The lowest BCUT2D eigenvalue weighted by atomic mass is 10.1. The summed E-state index contributed by atoms with van der Waals surface area (Å²) in [6, 6.07) is 8.11. The second-order valence-corrected chi connectivity index (χ2v) is 5.27. The summed E-state index contributed by atoms with van der Waals surface area (Å²) in [5.41, 5.74) is 0.118. The van der Waals surface area contributed by atoms with Crippen molar-refractivity contribution in [1.29, 1.82) is 0 Å². The molecule has 0 aromatic heterocycles. The summed E-state index contributed by atoms with van der Waals surface area (Å²) in [7, 11) is 0. The van der Waals surface area contributed by atoms with Crippen molar-refractivity contribution < 1.29 is 9.31 Å². The van der Waals surface area contributed by atoms with Crippen LogP contribution in [-0.4, -0.2) is 4.92 Å². The van der Waals surface area contributed by atoms with Crippen LogP contribution in [0.5, 0.6) is 0 Å². The Balaban J connectivity index is 2.38. The van der Waals surface area contributed by atoms with Gasteiger partial charge in [0.1, 0.15) is 5.69 Å². The molecule has 1 unspecified atom stereocenters. The van der Waals surface area contributed by atoms with Crippen molar-refractivity contribution in [3.63, 3.8) is 0 Å². The molecule has 0 aliphatic carbocycles. The molecule has 1 N–H and O–H groups in total. The number of nitrogens with zero attached hydrogens (tertiary/aromatic N) is 1. The van der Waals surface area contributed by atoms with E-state index in [1.807, 2.05) is 0 Å². The Hall–Kier alpha value is -1.85. The Bertz CT molecular complexity index is 695. The number of benzene rings is 2. The standard InChI is InChI=1S/C14H11Cl2FN2O2/c1-8(10-7-9(15)5-6-11(10)16)18-14-12(17)3-2-4-13(14)19(20)21/h2-8,18H,1H3. The summed E-state index contributed by atoms with van der Waals surface area (Å²) >= 11 is 12.0. The lowest BCUT2D eigenvalue weighted by Crippen LogP contribution is -2.10. The minimum Gasteiger partial charge on any atom is -0.371 e. The van der Waals surface area contributed by atoms with Crippen LogP contribution in [-0.2, 0) is 0 Å².